The Morgan fingerprint density at radius 1 is 1.38 bits per heavy atom. The summed E-state index contributed by atoms with van der Waals surface area (Å²) in [6, 6.07) is 2.77. The Morgan fingerprint density at radius 3 is 2.81 bits per heavy atom. The third-order valence-electron chi connectivity index (χ3n) is 7.08. The van der Waals surface area contributed by atoms with Gasteiger partial charge in [0.15, 0.2) is 0 Å². The smallest absolute Gasteiger partial charge is 0.119 e. The molecule has 0 heterocycles. The van der Waals surface area contributed by atoms with Crippen molar-refractivity contribution in [2.75, 3.05) is 0 Å². The van der Waals surface area contributed by atoms with Crippen LogP contribution in [0.4, 0.5) is 0 Å². The second-order valence-corrected chi connectivity index (χ2v) is 8.55. The molecule has 0 saturated heterocycles. The molecule has 0 amide bonds. The van der Waals surface area contributed by atoms with Crippen molar-refractivity contribution in [1.82, 2.24) is 0 Å². The molecule has 0 N–H and O–H groups in total. The maximum atomic E-state index is 10.7. The van der Waals surface area contributed by atoms with E-state index in [1.807, 2.05) is 0 Å². The molecule has 0 radical (unpaired) electrons. The molecule has 21 heavy (non-hydrogen) atoms. The van der Waals surface area contributed by atoms with Crippen molar-refractivity contribution in [3.63, 3.8) is 0 Å². The summed E-state index contributed by atoms with van der Waals surface area (Å²) >= 11 is 0. The number of nitrogens with zero attached hydrogens (tertiary/aromatic N) is 1. The molecule has 114 valence electrons. The van der Waals surface area contributed by atoms with Gasteiger partial charge in [-0.25, -0.2) is 0 Å². The van der Waals surface area contributed by atoms with Gasteiger partial charge in [0.25, 0.3) is 0 Å². The van der Waals surface area contributed by atoms with Gasteiger partial charge in [-0.1, -0.05) is 32.9 Å². The minimum Gasteiger partial charge on any atom is -0.303 e. The Labute approximate surface area is 128 Å². The molecule has 0 aromatic heterocycles. The first kappa shape index (κ1) is 14.8. The summed E-state index contributed by atoms with van der Waals surface area (Å²) < 4.78 is 0. The van der Waals surface area contributed by atoms with Gasteiger partial charge in [0.05, 0.1) is 11.5 Å². The van der Waals surface area contributed by atoms with Crippen LogP contribution in [0.2, 0.25) is 0 Å². The average molecular weight is 285 g/mol. The van der Waals surface area contributed by atoms with Gasteiger partial charge in [0.1, 0.15) is 6.29 Å². The fourth-order valence-electron chi connectivity index (χ4n) is 6.69. The van der Waals surface area contributed by atoms with Gasteiger partial charge in [-0.3, -0.25) is 0 Å². The molecule has 2 fully saturated rings. The van der Waals surface area contributed by atoms with E-state index in [2.05, 4.69) is 39.0 Å². The first-order chi connectivity index (χ1) is 9.87. The Bertz CT molecular complexity index is 528. The van der Waals surface area contributed by atoms with E-state index in [1.54, 1.807) is 0 Å². The fraction of sp³-hybridized carbons (Fsp3) is 0.789. The van der Waals surface area contributed by atoms with Crippen LogP contribution in [-0.2, 0) is 4.79 Å². The average Bonchev–Trinajstić information content (AvgIpc) is 2.96. The lowest BCUT2D eigenvalue weighted by Crippen LogP contribution is -2.45. The quantitative estimate of drug-likeness (QED) is 0.428. The third-order valence-corrected chi connectivity index (χ3v) is 7.08. The van der Waals surface area contributed by atoms with E-state index in [4.69, 9.17) is 0 Å². The molecule has 3 rings (SSSR count). The summed E-state index contributed by atoms with van der Waals surface area (Å²) in [5, 5.41) is 10.1. The van der Waals surface area contributed by atoms with Gasteiger partial charge in [-0.15, -0.1) is 0 Å². The fourth-order valence-corrected chi connectivity index (χ4v) is 6.69. The maximum Gasteiger partial charge on any atom is 0.119 e. The standard InChI is InChI=1S/C19H27NO/c1-16(2)13-17(3)8-6-10-19(17)15(16)7-11-18(19,14-20)9-4-5-12-21/h6,10,12,15H,4-5,7-9,11,13H2,1-3H3/t15-,17-,18+,19-/m1/s1. The summed E-state index contributed by atoms with van der Waals surface area (Å²) in [5.41, 5.74) is 0.342. The number of carbonyl (C=O) groups is 1. The van der Waals surface area contributed by atoms with Crippen molar-refractivity contribution in [3.05, 3.63) is 12.2 Å². The van der Waals surface area contributed by atoms with Crippen molar-refractivity contribution in [1.29, 1.82) is 5.26 Å². The topological polar surface area (TPSA) is 40.9 Å². The van der Waals surface area contributed by atoms with E-state index in [-0.39, 0.29) is 16.2 Å². The molecule has 0 aromatic carbocycles. The minimum atomic E-state index is -0.254. The summed E-state index contributed by atoms with van der Waals surface area (Å²) in [6.45, 7) is 7.21. The van der Waals surface area contributed by atoms with Crippen LogP contribution in [0.25, 0.3) is 0 Å². The lowest BCUT2D eigenvalue weighted by Gasteiger charge is -2.48. The summed E-state index contributed by atoms with van der Waals surface area (Å²) in [5.74, 6) is 0.615. The van der Waals surface area contributed by atoms with Crippen LogP contribution in [0.1, 0.15) is 65.7 Å². The summed E-state index contributed by atoms with van der Waals surface area (Å²) in [4.78, 5) is 10.7. The van der Waals surface area contributed by atoms with Crippen LogP contribution >= 0.6 is 0 Å². The molecule has 0 aromatic rings. The number of aldehydes is 1. The van der Waals surface area contributed by atoms with Crippen molar-refractivity contribution < 1.29 is 4.79 Å². The van der Waals surface area contributed by atoms with E-state index in [1.165, 1.54) is 12.8 Å². The Morgan fingerprint density at radius 2 is 2.14 bits per heavy atom. The second kappa shape index (κ2) is 4.45. The largest absolute Gasteiger partial charge is 0.303 e. The molecule has 3 aliphatic carbocycles. The van der Waals surface area contributed by atoms with E-state index in [0.717, 1.165) is 32.0 Å². The van der Waals surface area contributed by atoms with Gasteiger partial charge in [0, 0.05) is 11.8 Å². The maximum absolute atomic E-state index is 10.7. The number of hydrogen-bond donors (Lipinski definition) is 0. The lowest BCUT2D eigenvalue weighted by molar-refractivity contribution is -0.108. The highest BCUT2D eigenvalue weighted by molar-refractivity contribution is 5.49. The first-order valence-corrected chi connectivity index (χ1v) is 8.40. The Balaban J connectivity index is 2.06. The number of rotatable bonds is 4. The highest BCUT2D eigenvalue weighted by Crippen LogP contribution is 2.79. The molecule has 0 aliphatic heterocycles. The normalized spacial score (nSPS) is 46.1. The van der Waals surface area contributed by atoms with E-state index < -0.39 is 0 Å². The predicted molar refractivity (Wildman–Crippen MR) is 83.4 cm³/mol. The molecule has 2 nitrogen and oxygen atoms in total. The minimum absolute atomic E-state index is 0.0428. The zero-order chi connectivity index (χ0) is 15.4. The second-order valence-electron chi connectivity index (χ2n) is 8.55. The number of allylic oxidation sites excluding steroid dienone is 2. The number of carbonyl (C=O) groups excluding carboxylic acids is 1. The molecule has 2 saturated carbocycles. The molecular weight excluding hydrogens is 258 g/mol. The van der Waals surface area contributed by atoms with Gasteiger partial charge in [-0.05, 0) is 55.3 Å². The van der Waals surface area contributed by atoms with Crippen LogP contribution in [-0.4, -0.2) is 6.29 Å². The number of unbranched alkanes of at least 4 members (excludes halogenated alkanes) is 1. The van der Waals surface area contributed by atoms with E-state index >= 15 is 0 Å². The Kier molecular flexibility index (Phi) is 3.14. The van der Waals surface area contributed by atoms with Crippen molar-refractivity contribution in [3.8, 4) is 6.07 Å². The number of nitriles is 1. The summed E-state index contributed by atoms with van der Waals surface area (Å²) in [6.07, 6.45) is 12.6. The molecular formula is C19H27NO. The van der Waals surface area contributed by atoms with Gasteiger partial charge in [-0.2, -0.15) is 5.26 Å². The van der Waals surface area contributed by atoms with Crippen molar-refractivity contribution in [2.24, 2.45) is 27.6 Å². The number of hydrogen-bond acceptors (Lipinski definition) is 2. The molecule has 2 heteroatoms. The SMILES string of the molecule is CC1(C)C[C@@]2(C)CC=C[C@@]23[C@@H]1CC[C@]3(C#N)CCCC=O. The van der Waals surface area contributed by atoms with Gasteiger partial charge < -0.3 is 4.79 Å². The highest BCUT2D eigenvalue weighted by Gasteiger charge is 2.74. The molecule has 4 atom stereocenters. The van der Waals surface area contributed by atoms with Crippen LogP contribution in [0.5, 0.6) is 0 Å². The van der Waals surface area contributed by atoms with Crippen molar-refractivity contribution in [2.45, 2.75) is 65.7 Å². The lowest BCUT2D eigenvalue weighted by atomic mass is 9.53. The third kappa shape index (κ3) is 1.61. The van der Waals surface area contributed by atoms with Crippen LogP contribution < -0.4 is 0 Å². The van der Waals surface area contributed by atoms with Crippen LogP contribution in [0.15, 0.2) is 12.2 Å². The van der Waals surface area contributed by atoms with Crippen LogP contribution in [0.3, 0.4) is 0 Å². The monoisotopic (exact) mass is 285 g/mol. The van der Waals surface area contributed by atoms with Gasteiger partial charge in [0.2, 0.25) is 0 Å². The highest BCUT2D eigenvalue weighted by atomic mass is 16.1. The van der Waals surface area contributed by atoms with Crippen molar-refractivity contribution >= 4 is 6.29 Å². The van der Waals surface area contributed by atoms with Crippen LogP contribution in [0, 0.1) is 38.9 Å². The van der Waals surface area contributed by atoms with Gasteiger partial charge >= 0.3 is 0 Å². The van der Waals surface area contributed by atoms with E-state index in [0.29, 0.717) is 17.8 Å². The molecule has 3 aliphatic rings. The zero-order valence-corrected chi connectivity index (χ0v) is 13.6. The first-order valence-electron chi connectivity index (χ1n) is 8.40. The summed E-state index contributed by atoms with van der Waals surface area (Å²) in [7, 11) is 0. The predicted octanol–water partition coefficient (Wildman–Crippen LogP) is 4.66. The van der Waals surface area contributed by atoms with E-state index in [9.17, 15) is 10.1 Å². The molecule has 0 bridgehead atoms. The Hall–Kier alpha value is -1.10. The molecule has 1 spiro atoms. The molecule has 0 unspecified atom stereocenters. The zero-order valence-electron chi connectivity index (χ0n) is 13.6.